The number of thiophene rings is 1. The number of carbonyl (C=O) groups excluding carboxylic acids is 3. The average Bonchev–Trinajstić information content (AvgIpc) is 3.33. The third-order valence-electron chi connectivity index (χ3n) is 4.55. The molecule has 0 radical (unpaired) electrons. The van der Waals surface area contributed by atoms with Crippen molar-refractivity contribution in [3.63, 3.8) is 0 Å². The van der Waals surface area contributed by atoms with Gasteiger partial charge in [0.1, 0.15) is 10.6 Å². The SMILES string of the molecule is CC[C@H]1CCc2sc(C(=O)OCC(=O)NC(=O)NCc3ccco3)cc2C1. The van der Waals surface area contributed by atoms with Gasteiger partial charge >= 0.3 is 12.0 Å². The smallest absolute Gasteiger partial charge is 0.348 e. The lowest BCUT2D eigenvalue weighted by atomic mass is 9.87. The first-order chi connectivity index (χ1) is 13.0. The molecule has 2 aromatic rings. The number of hydrogen-bond acceptors (Lipinski definition) is 6. The summed E-state index contributed by atoms with van der Waals surface area (Å²) in [5.74, 6) is 0.0127. The third-order valence-corrected chi connectivity index (χ3v) is 5.77. The van der Waals surface area contributed by atoms with E-state index in [-0.39, 0.29) is 6.54 Å². The fraction of sp³-hybridized carbons (Fsp3) is 0.421. The maximum Gasteiger partial charge on any atom is 0.348 e. The maximum atomic E-state index is 12.2. The van der Waals surface area contributed by atoms with Gasteiger partial charge in [-0.25, -0.2) is 9.59 Å². The van der Waals surface area contributed by atoms with Crippen LogP contribution in [0.15, 0.2) is 28.9 Å². The number of imide groups is 1. The number of esters is 1. The molecule has 144 valence electrons. The first kappa shape index (κ1) is 19.2. The molecule has 1 atom stereocenters. The van der Waals surface area contributed by atoms with Crippen LogP contribution in [0.1, 0.15) is 45.6 Å². The van der Waals surface area contributed by atoms with Crippen molar-refractivity contribution in [1.29, 1.82) is 0 Å². The van der Waals surface area contributed by atoms with Gasteiger partial charge < -0.3 is 14.5 Å². The Morgan fingerprint density at radius 1 is 1.37 bits per heavy atom. The summed E-state index contributed by atoms with van der Waals surface area (Å²) in [6, 6.07) is 4.60. The Labute approximate surface area is 161 Å². The van der Waals surface area contributed by atoms with Crippen molar-refractivity contribution < 1.29 is 23.5 Å². The first-order valence-corrected chi connectivity index (χ1v) is 9.75. The Kier molecular flexibility index (Phi) is 6.28. The second-order valence-corrected chi connectivity index (χ2v) is 7.60. The molecular formula is C19H22N2O5S. The third kappa shape index (κ3) is 5.19. The van der Waals surface area contributed by atoms with Crippen LogP contribution in [0.2, 0.25) is 0 Å². The molecule has 2 heterocycles. The fourth-order valence-corrected chi connectivity index (χ4v) is 4.14. The summed E-state index contributed by atoms with van der Waals surface area (Å²) in [5.41, 5.74) is 1.21. The van der Waals surface area contributed by atoms with E-state index in [0.29, 0.717) is 16.6 Å². The number of aryl methyl sites for hydroxylation is 1. The van der Waals surface area contributed by atoms with Crippen LogP contribution in [-0.2, 0) is 28.9 Å². The molecule has 2 N–H and O–H groups in total. The van der Waals surface area contributed by atoms with Gasteiger partial charge in [0.25, 0.3) is 5.91 Å². The number of furan rings is 1. The Morgan fingerprint density at radius 3 is 2.96 bits per heavy atom. The Balaban J connectivity index is 1.43. The van der Waals surface area contributed by atoms with Gasteiger partial charge in [0.15, 0.2) is 6.61 Å². The summed E-state index contributed by atoms with van der Waals surface area (Å²) in [5, 5.41) is 4.58. The lowest BCUT2D eigenvalue weighted by molar-refractivity contribution is -0.123. The van der Waals surface area contributed by atoms with Gasteiger partial charge in [-0.15, -0.1) is 11.3 Å². The monoisotopic (exact) mass is 390 g/mol. The van der Waals surface area contributed by atoms with E-state index in [2.05, 4.69) is 17.6 Å². The van der Waals surface area contributed by atoms with E-state index in [9.17, 15) is 14.4 Å². The van der Waals surface area contributed by atoms with Gasteiger partial charge in [-0.2, -0.15) is 0 Å². The van der Waals surface area contributed by atoms with E-state index in [0.717, 1.165) is 25.7 Å². The van der Waals surface area contributed by atoms with E-state index in [1.54, 1.807) is 12.1 Å². The minimum atomic E-state index is -0.687. The van der Waals surface area contributed by atoms with Gasteiger partial charge in [-0.1, -0.05) is 13.3 Å². The highest BCUT2D eigenvalue weighted by Gasteiger charge is 2.23. The zero-order valence-electron chi connectivity index (χ0n) is 15.1. The number of hydrogen-bond donors (Lipinski definition) is 2. The molecule has 0 aliphatic heterocycles. The summed E-state index contributed by atoms with van der Waals surface area (Å²) < 4.78 is 10.1. The van der Waals surface area contributed by atoms with Crippen molar-refractivity contribution in [1.82, 2.24) is 10.6 Å². The van der Waals surface area contributed by atoms with Gasteiger partial charge in [0.05, 0.1) is 12.8 Å². The molecule has 0 aromatic carbocycles. The van der Waals surface area contributed by atoms with Gasteiger partial charge in [0.2, 0.25) is 0 Å². The maximum absolute atomic E-state index is 12.2. The summed E-state index contributed by atoms with van der Waals surface area (Å²) >= 11 is 1.43. The second-order valence-electron chi connectivity index (χ2n) is 6.46. The molecule has 8 heteroatoms. The van der Waals surface area contributed by atoms with E-state index in [1.807, 2.05) is 6.07 Å². The van der Waals surface area contributed by atoms with Crippen molar-refractivity contribution in [2.45, 2.75) is 39.2 Å². The van der Waals surface area contributed by atoms with Crippen LogP contribution in [0.25, 0.3) is 0 Å². The molecule has 0 saturated carbocycles. The zero-order chi connectivity index (χ0) is 19.2. The Bertz CT molecular complexity index is 812. The second kappa shape index (κ2) is 8.85. The van der Waals surface area contributed by atoms with E-state index < -0.39 is 24.5 Å². The number of fused-ring (bicyclic) bond motifs is 1. The highest BCUT2D eigenvalue weighted by Crippen LogP contribution is 2.33. The predicted octanol–water partition coefficient (Wildman–Crippen LogP) is 3.04. The highest BCUT2D eigenvalue weighted by molar-refractivity contribution is 7.14. The number of rotatable bonds is 6. The molecule has 27 heavy (non-hydrogen) atoms. The van der Waals surface area contributed by atoms with E-state index in [1.165, 1.54) is 28.0 Å². The molecule has 0 saturated heterocycles. The summed E-state index contributed by atoms with van der Waals surface area (Å²) in [6.45, 7) is 1.83. The quantitative estimate of drug-likeness (QED) is 0.739. The zero-order valence-corrected chi connectivity index (χ0v) is 15.9. The molecule has 0 unspecified atom stereocenters. The number of carbonyl (C=O) groups is 3. The van der Waals surface area contributed by atoms with Crippen LogP contribution in [0.3, 0.4) is 0 Å². The standard InChI is InChI=1S/C19H22N2O5S/c1-2-12-5-6-15-13(8-12)9-16(27-15)18(23)26-11-17(22)21-19(24)20-10-14-4-3-7-25-14/h3-4,7,9,12H,2,5-6,8,10-11H2,1H3,(H2,20,21,22,24)/t12-/m0/s1. The highest BCUT2D eigenvalue weighted by atomic mass is 32.1. The molecular weight excluding hydrogens is 368 g/mol. The van der Waals surface area contributed by atoms with Crippen molar-refractivity contribution in [2.24, 2.45) is 5.92 Å². The summed E-state index contributed by atoms with van der Waals surface area (Å²) in [4.78, 5) is 37.3. The van der Waals surface area contributed by atoms with Crippen LogP contribution in [-0.4, -0.2) is 24.5 Å². The Hall–Kier alpha value is -2.61. The van der Waals surface area contributed by atoms with Crippen molar-refractivity contribution in [2.75, 3.05) is 6.61 Å². The van der Waals surface area contributed by atoms with Crippen LogP contribution in [0.5, 0.6) is 0 Å². The molecule has 0 spiro atoms. The predicted molar refractivity (Wildman–Crippen MR) is 99.5 cm³/mol. The molecule has 3 amide bonds. The summed E-state index contributed by atoms with van der Waals surface area (Å²) in [7, 11) is 0. The van der Waals surface area contributed by atoms with E-state index >= 15 is 0 Å². The molecule has 0 bridgehead atoms. The topological polar surface area (TPSA) is 97.6 Å². The minimum Gasteiger partial charge on any atom is -0.467 e. The van der Waals surface area contributed by atoms with Crippen LogP contribution < -0.4 is 10.6 Å². The number of ether oxygens (including phenoxy) is 1. The van der Waals surface area contributed by atoms with Crippen LogP contribution in [0.4, 0.5) is 4.79 Å². The molecule has 1 aliphatic carbocycles. The summed E-state index contributed by atoms with van der Waals surface area (Å²) in [6.07, 6.45) is 5.75. The average molecular weight is 390 g/mol. The van der Waals surface area contributed by atoms with Crippen LogP contribution in [0, 0.1) is 5.92 Å². The van der Waals surface area contributed by atoms with Crippen LogP contribution >= 0.6 is 11.3 Å². The number of urea groups is 1. The lowest BCUT2D eigenvalue weighted by Crippen LogP contribution is -2.41. The molecule has 3 rings (SSSR count). The largest absolute Gasteiger partial charge is 0.467 e. The van der Waals surface area contributed by atoms with Crippen molar-refractivity contribution in [3.05, 3.63) is 45.5 Å². The number of amides is 3. The van der Waals surface area contributed by atoms with Crippen molar-refractivity contribution >= 4 is 29.2 Å². The minimum absolute atomic E-state index is 0.158. The first-order valence-electron chi connectivity index (χ1n) is 8.94. The van der Waals surface area contributed by atoms with Gasteiger partial charge in [0, 0.05) is 4.88 Å². The normalized spacial score (nSPS) is 15.7. The Morgan fingerprint density at radius 2 is 2.22 bits per heavy atom. The molecule has 7 nitrogen and oxygen atoms in total. The lowest BCUT2D eigenvalue weighted by Gasteiger charge is -2.19. The van der Waals surface area contributed by atoms with Crippen molar-refractivity contribution in [3.8, 4) is 0 Å². The van der Waals surface area contributed by atoms with Gasteiger partial charge in [-0.3, -0.25) is 10.1 Å². The molecule has 1 aliphatic rings. The van der Waals surface area contributed by atoms with E-state index in [4.69, 9.17) is 9.15 Å². The fourth-order valence-electron chi connectivity index (χ4n) is 3.04. The molecule has 2 aromatic heterocycles. The van der Waals surface area contributed by atoms with Gasteiger partial charge in [-0.05, 0) is 48.9 Å². The number of nitrogens with one attached hydrogen (secondary N) is 2. The molecule has 0 fully saturated rings.